The highest BCUT2D eigenvalue weighted by Crippen LogP contribution is 2.39. The first-order valence-electron chi connectivity index (χ1n) is 10.2. The fraction of sp³-hybridized carbons (Fsp3) is 0.600. The van der Waals surface area contributed by atoms with E-state index >= 15 is 0 Å². The van der Waals surface area contributed by atoms with Crippen molar-refractivity contribution in [2.45, 2.75) is 45.6 Å². The van der Waals surface area contributed by atoms with Gasteiger partial charge in [0.25, 0.3) is 5.91 Å². The number of nitrogens with zero attached hydrogens (tertiary/aromatic N) is 5. The van der Waals surface area contributed by atoms with Crippen molar-refractivity contribution in [2.24, 2.45) is 5.41 Å². The number of carbonyl (C=O) groups is 2. The third-order valence-corrected chi connectivity index (χ3v) is 6.09. The first-order chi connectivity index (χ1) is 13.6. The van der Waals surface area contributed by atoms with Gasteiger partial charge in [-0.25, -0.2) is 4.98 Å². The van der Waals surface area contributed by atoms with Crippen LogP contribution < -0.4 is 0 Å². The lowest BCUT2D eigenvalue weighted by atomic mass is 9.73. The molecule has 0 aliphatic carbocycles. The van der Waals surface area contributed by atoms with Gasteiger partial charge in [-0.05, 0) is 32.3 Å². The van der Waals surface area contributed by atoms with E-state index in [9.17, 15) is 9.59 Å². The lowest BCUT2D eigenvalue weighted by molar-refractivity contribution is -0.138. The predicted molar refractivity (Wildman–Crippen MR) is 104 cm³/mol. The van der Waals surface area contributed by atoms with E-state index in [1.807, 2.05) is 22.9 Å². The normalized spacial score (nSPS) is 22.8. The van der Waals surface area contributed by atoms with Crippen molar-refractivity contribution in [1.29, 1.82) is 0 Å². The van der Waals surface area contributed by atoms with Crippen molar-refractivity contribution in [3.05, 3.63) is 36.2 Å². The van der Waals surface area contributed by atoms with E-state index in [1.165, 1.54) is 0 Å². The number of carbonyl (C=O) groups excluding carboxylic acids is 2. The molecule has 2 amide bonds. The quantitative estimate of drug-likeness (QED) is 0.850. The van der Waals surface area contributed by atoms with Crippen LogP contribution in [-0.4, -0.2) is 67.5 Å². The summed E-state index contributed by atoms with van der Waals surface area (Å²) < 4.78 is 1.78. The number of nitrogens with one attached hydrogen (secondary N) is 1. The van der Waals surface area contributed by atoms with Crippen LogP contribution in [0, 0.1) is 5.41 Å². The highest BCUT2D eigenvalue weighted by atomic mass is 16.2. The summed E-state index contributed by atoms with van der Waals surface area (Å²) in [6.07, 6.45) is 9.56. The minimum atomic E-state index is 0.00310. The molecule has 8 heteroatoms. The van der Waals surface area contributed by atoms with Crippen molar-refractivity contribution in [1.82, 2.24) is 29.5 Å². The molecule has 0 unspecified atom stereocenters. The summed E-state index contributed by atoms with van der Waals surface area (Å²) in [6.45, 7) is 5.66. The number of piperidine rings is 2. The Morgan fingerprint density at radius 2 is 2.21 bits per heavy atom. The van der Waals surface area contributed by atoms with Crippen molar-refractivity contribution >= 4 is 11.8 Å². The topological polar surface area (TPSA) is 87.1 Å². The van der Waals surface area contributed by atoms with Crippen LogP contribution in [0.15, 0.2) is 24.8 Å². The number of aromatic amines is 1. The molecule has 1 N–H and O–H groups in total. The summed E-state index contributed by atoms with van der Waals surface area (Å²) in [4.78, 5) is 36.5. The molecule has 2 aliphatic rings. The van der Waals surface area contributed by atoms with Gasteiger partial charge in [0.15, 0.2) is 0 Å². The molecule has 0 radical (unpaired) electrons. The monoisotopic (exact) mass is 384 g/mol. The van der Waals surface area contributed by atoms with Gasteiger partial charge in [-0.1, -0.05) is 0 Å². The maximum Gasteiger partial charge on any atom is 0.274 e. The van der Waals surface area contributed by atoms with Crippen molar-refractivity contribution in [2.75, 3.05) is 26.2 Å². The average Bonchev–Trinajstić information content (AvgIpc) is 3.40. The molecule has 150 valence electrons. The molecule has 4 heterocycles. The van der Waals surface area contributed by atoms with Crippen molar-refractivity contribution in [3.8, 4) is 0 Å². The van der Waals surface area contributed by atoms with Crippen LogP contribution in [0.2, 0.25) is 0 Å². The fourth-order valence-electron chi connectivity index (χ4n) is 4.51. The number of amides is 2. The van der Waals surface area contributed by atoms with E-state index in [-0.39, 0.29) is 17.2 Å². The number of aromatic nitrogens is 4. The zero-order valence-corrected chi connectivity index (χ0v) is 16.4. The van der Waals surface area contributed by atoms with Gasteiger partial charge in [0.2, 0.25) is 5.91 Å². The lowest BCUT2D eigenvalue weighted by Gasteiger charge is -2.48. The second kappa shape index (κ2) is 7.77. The summed E-state index contributed by atoms with van der Waals surface area (Å²) in [5.74, 6) is 0.225. The van der Waals surface area contributed by atoms with Crippen LogP contribution in [-0.2, 0) is 17.8 Å². The van der Waals surface area contributed by atoms with Crippen LogP contribution in [0.5, 0.6) is 0 Å². The highest BCUT2D eigenvalue weighted by Gasteiger charge is 2.42. The van der Waals surface area contributed by atoms with Gasteiger partial charge in [-0.15, -0.1) is 0 Å². The Morgan fingerprint density at radius 1 is 1.32 bits per heavy atom. The third kappa shape index (κ3) is 3.81. The Balaban J connectivity index is 1.42. The zero-order valence-electron chi connectivity index (χ0n) is 16.4. The minimum Gasteiger partial charge on any atom is -0.348 e. The molecule has 2 aromatic rings. The smallest absolute Gasteiger partial charge is 0.274 e. The summed E-state index contributed by atoms with van der Waals surface area (Å²) >= 11 is 0. The number of imidazole rings is 1. The van der Waals surface area contributed by atoms with E-state index in [0.717, 1.165) is 51.0 Å². The first-order valence-corrected chi connectivity index (χ1v) is 10.2. The largest absolute Gasteiger partial charge is 0.348 e. The fourth-order valence-corrected chi connectivity index (χ4v) is 4.51. The summed E-state index contributed by atoms with van der Waals surface area (Å²) in [5.41, 5.74) is 1.56. The molecule has 2 aromatic heterocycles. The number of rotatable bonds is 5. The minimum absolute atomic E-state index is 0.00310. The molecule has 1 spiro atoms. The molecule has 2 saturated heterocycles. The Labute approximate surface area is 164 Å². The van der Waals surface area contributed by atoms with E-state index in [4.69, 9.17) is 0 Å². The molecular formula is C20H28N6O2. The number of likely N-dealkylation sites (tertiary alicyclic amines) is 2. The second-order valence-corrected chi connectivity index (χ2v) is 8.03. The van der Waals surface area contributed by atoms with Gasteiger partial charge in [0.1, 0.15) is 5.69 Å². The van der Waals surface area contributed by atoms with Gasteiger partial charge < -0.3 is 14.8 Å². The van der Waals surface area contributed by atoms with E-state index in [1.54, 1.807) is 23.3 Å². The molecular weight excluding hydrogens is 356 g/mol. The number of H-pyrrole nitrogens is 1. The molecule has 0 aromatic carbocycles. The van der Waals surface area contributed by atoms with E-state index < -0.39 is 0 Å². The van der Waals surface area contributed by atoms with Gasteiger partial charge in [-0.2, -0.15) is 5.10 Å². The molecule has 2 aliphatic heterocycles. The van der Waals surface area contributed by atoms with E-state index in [0.29, 0.717) is 25.2 Å². The predicted octanol–water partition coefficient (Wildman–Crippen LogP) is 1.71. The standard InChI is InChI=1S/C20H28N6O2/c1-2-26-11-6-17(23-26)19(28)25-9-3-7-20(14-25)8-4-18(27)24(13-20)10-5-16-12-21-15-22-16/h6,11-12,15H,2-5,7-10,13-14H2,1H3,(H,21,22)/t20-/m1/s1. The van der Waals surface area contributed by atoms with Crippen LogP contribution in [0.1, 0.15) is 48.8 Å². The Kier molecular flexibility index (Phi) is 5.19. The maximum absolute atomic E-state index is 12.9. The Morgan fingerprint density at radius 3 is 2.96 bits per heavy atom. The molecule has 0 saturated carbocycles. The highest BCUT2D eigenvalue weighted by molar-refractivity contribution is 5.92. The average molecular weight is 384 g/mol. The van der Waals surface area contributed by atoms with Gasteiger partial charge in [0.05, 0.1) is 6.33 Å². The van der Waals surface area contributed by atoms with Crippen LogP contribution in [0.3, 0.4) is 0 Å². The third-order valence-electron chi connectivity index (χ3n) is 6.09. The summed E-state index contributed by atoms with van der Waals surface area (Å²) in [5, 5.41) is 4.37. The number of hydrogen-bond acceptors (Lipinski definition) is 4. The summed E-state index contributed by atoms with van der Waals surface area (Å²) in [6, 6.07) is 1.80. The maximum atomic E-state index is 12.9. The second-order valence-electron chi connectivity index (χ2n) is 8.03. The van der Waals surface area contributed by atoms with Crippen LogP contribution in [0.4, 0.5) is 0 Å². The molecule has 4 rings (SSSR count). The summed E-state index contributed by atoms with van der Waals surface area (Å²) in [7, 11) is 0. The molecule has 8 nitrogen and oxygen atoms in total. The van der Waals surface area contributed by atoms with Gasteiger partial charge in [0, 0.05) is 69.1 Å². The number of hydrogen-bond donors (Lipinski definition) is 1. The molecule has 1 atom stereocenters. The molecule has 0 bridgehead atoms. The van der Waals surface area contributed by atoms with Gasteiger partial charge >= 0.3 is 0 Å². The van der Waals surface area contributed by atoms with Crippen LogP contribution in [0.25, 0.3) is 0 Å². The molecule has 2 fully saturated rings. The molecule has 28 heavy (non-hydrogen) atoms. The SMILES string of the molecule is CCn1ccc(C(=O)N2CCC[C@]3(CCC(=O)N(CCc4cnc[nH]4)C3)C2)n1. The van der Waals surface area contributed by atoms with Crippen molar-refractivity contribution in [3.63, 3.8) is 0 Å². The first kappa shape index (κ1) is 18.7. The van der Waals surface area contributed by atoms with Crippen molar-refractivity contribution < 1.29 is 9.59 Å². The van der Waals surface area contributed by atoms with Crippen LogP contribution >= 0.6 is 0 Å². The van der Waals surface area contributed by atoms with Gasteiger partial charge in [-0.3, -0.25) is 14.3 Å². The Bertz CT molecular complexity index is 830. The Hall–Kier alpha value is -2.64. The lowest BCUT2D eigenvalue weighted by Crippen LogP contribution is -2.55. The number of aryl methyl sites for hydroxylation is 1. The van der Waals surface area contributed by atoms with E-state index in [2.05, 4.69) is 15.1 Å². The zero-order chi connectivity index (χ0) is 19.6.